The Labute approximate surface area is 191 Å². The van der Waals surface area contributed by atoms with Crippen LogP contribution in [-0.2, 0) is 0 Å². The second-order valence-corrected chi connectivity index (χ2v) is 7.47. The maximum atomic E-state index is 14.1. The van der Waals surface area contributed by atoms with Gasteiger partial charge in [-0.25, -0.2) is 13.9 Å². The lowest BCUT2D eigenvalue weighted by Gasteiger charge is -2.23. The highest BCUT2D eigenvalue weighted by Crippen LogP contribution is 2.29. The third-order valence-electron chi connectivity index (χ3n) is 4.95. The fourth-order valence-corrected chi connectivity index (χ4v) is 3.74. The third kappa shape index (κ3) is 3.90. The molecule has 0 bridgehead atoms. The quantitative estimate of drug-likeness (QED) is 0.331. The monoisotopic (exact) mass is 468 g/mol. The van der Waals surface area contributed by atoms with Crippen molar-refractivity contribution in [2.75, 3.05) is 16.8 Å². The zero-order chi connectivity index (χ0) is 23.7. The van der Waals surface area contributed by atoms with Gasteiger partial charge in [0.1, 0.15) is 34.9 Å². The Balaban J connectivity index is 1.99. The molecule has 0 amide bonds. The average Bonchev–Trinajstić information content (AvgIpc) is 3.30. The highest BCUT2D eigenvalue weighted by atomic mass is 35.5. The first-order valence-electron chi connectivity index (χ1n) is 9.85. The first-order chi connectivity index (χ1) is 15.8. The highest BCUT2D eigenvalue weighted by molar-refractivity contribution is 6.35. The van der Waals surface area contributed by atoms with Gasteiger partial charge in [-0.3, -0.25) is 9.89 Å². The van der Waals surface area contributed by atoms with E-state index in [0.717, 1.165) is 6.07 Å². The van der Waals surface area contributed by atoms with Gasteiger partial charge in [-0.15, -0.1) is 0 Å². The molecule has 3 aromatic heterocycles. The first kappa shape index (κ1) is 22.0. The molecule has 0 saturated carbocycles. The highest BCUT2D eigenvalue weighted by Gasteiger charge is 2.25. The number of benzene rings is 1. The van der Waals surface area contributed by atoms with Crippen LogP contribution in [0.25, 0.3) is 16.7 Å². The summed E-state index contributed by atoms with van der Waals surface area (Å²) in [6, 6.07) is 5.42. The zero-order valence-corrected chi connectivity index (χ0v) is 18.1. The number of hydrogen-bond donors (Lipinski definition) is 4. The molecule has 0 saturated heterocycles. The number of nitrogens with two attached hydrogens (primary N) is 2. The van der Waals surface area contributed by atoms with E-state index in [1.807, 2.05) is 13.0 Å². The number of anilines is 3. The van der Waals surface area contributed by atoms with Crippen LogP contribution in [0.2, 0.25) is 5.02 Å². The summed E-state index contributed by atoms with van der Waals surface area (Å²) in [6.45, 7) is 1.94. The molecule has 0 aliphatic rings. The Kier molecular flexibility index (Phi) is 5.80. The van der Waals surface area contributed by atoms with Gasteiger partial charge in [0.15, 0.2) is 5.82 Å². The van der Waals surface area contributed by atoms with Crippen molar-refractivity contribution in [2.24, 2.45) is 0 Å². The van der Waals surface area contributed by atoms with E-state index in [9.17, 15) is 14.4 Å². The SMILES string of the molecule is CCC[C@H](Nc1nc(N)nc(N)c1C#N)c1nc2ccc(F)c(Cl)c2c(=O)n1-c1ccn[nH]1. The molecule has 33 heavy (non-hydrogen) atoms. The Hall–Kier alpha value is -4.24. The van der Waals surface area contributed by atoms with Crippen LogP contribution >= 0.6 is 11.6 Å². The van der Waals surface area contributed by atoms with Gasteiger partial charge in [0, 0.05) is 6.07 Å². The number of aromatic amines is 1. The van der Waals surface area contributed by atoms with E-state index < -0.39 is 17.4 Å². The van der Waals surface area contributed by atoms with Crippen LogP contribution in [0, 0.1) is 17.1 Å². The molecule has 11 nitrogen and oxygen atoms in total. The Morgan fingerprint density at radius 2 is 2.09 bits per heavy atom. The Morgan fingerprint density at radius 1 is 1.30 bits per heavy atom. The summed E-state index contributed by atoms with van der Waals surface area (Å²) in [5.41, 5.74) is 11.2. The summed E-state index contributed by atoms with van der Waals surface area (Å²) in [7, 11) is 0. The van der Waals surface area contributed by atoms with Crippen molar-refractivity contribution in [3.8, 4) is 11.9 Å². The molecule has 0 radical (unpaired) electrons. The molecule has 0 aliphatic carbocycles. The van der Waals surface area contributed by atoms with Gasteiger partial charge in [0.05, 0.1) is 28.2 Å². The van der Waals surface area contributed by atoms with E-state index in [2.05, 4.69) is 30.5 Å². The predicted octanol–water partition coefficient (Wildman–Crippen LogP) is 2.68. The number of nitriles is 1. The van der Waals surface area contributed by atoms with Crippen molar-refractivity contribution in [1.82, 2.24) is 29.7 Å². The smallest absolute Gasteiger partial charge is 0.268 e. The second-order valence-electron chi connectivity index (χ2n) is 7.10. The standard InChI is InChI=1S/C20H18ClFN10O/c1-2-3-12(27-17-9(8-23)16(24)29-20(25)30-17)18-28-11-5-4-10(22)15(21)14(11)19(33)32(18)13-6-7-26-31-13/h4-7,12H,2-3H2,1H3,(H,26,31)(H5,24,25,27,29,30)/t12-/m0/s1. The minimum absolute atomic E-state index is 0.00615. The van der Waals surface area contributed by atoms with Crippen LogP contribution in [0.3, 0.4) is 0 Å². The molecule has 6 N–H and O–H groups in total. The molecule has 168 valence electrons. The van der Waals surface area contributed by atoms with Crippen molar-refractivity contribution < 1.29 is 4.39 Å². The Bertz CT molecular complexity index is 1440. The molecule has 1 atom stereocenters. The normalized spacial score (nSPS) is 11.9. The van der Waals surface area contributed by atoms with Crippen LogP contribution in [0.4, 0.5) is 22.0 Å². The second kappa shape index (κ2) is 8.71. The van der Waals surface area contributed by atoms with E-state index >= 15 is 0 Å². The van der Waals surface area contributed by atoms with Gasteiger partial charge in [0.2, 0.25) is 5.95 Å². The maximum absolute atomic E-state index is 14.1. The number of nitrogen functional groups attached to an aromatic ring is 2. The molecule has 4 aromatic rings. The summed E-state index contributed by atoms with van der Waals surface area (Å²) in [5.74, 6) is -0.272. The van der Waals surface area contributed by atoms with Crippen LogP contribution in [0.1, 0.15) is 37.2 Å². The molecule has 4 rings (SSSR count). The van der Waals surface area contributed by atoms with Crippen molar-refractivity contribution in [3.05, 3.63) is 57.0 Å². The largest absolute Gasteiger partial charge is 0.382 e. The molecular weight excluding hydrogens is 451 g/mol. The molecule has 13 heteroatoms. The van der Waals surface area contributed by atoms with E-state index in [1.165, 1.54) is 16.8 Å². The molecule has 0 fully saturated rings. The molecule has 0 spiro atoms. The lowest BCUT2D eigenvalue weighted by atomic mass is 10.1. The molecule has 1 aromatic carbocycles. The fourth-order valence-electron chi connectivity index (χ4n) is 3.50. The minimum Gasteiger partial charge on any atom is -0.382 e. The number of nitrogens with one attached hydrogen (secondary N) is 2. The van der Waals surface area contributed by atoms with Crippen LogP contribution in [0.15, 0.2) is 29.2 Å². The lowest BCUT2D eigenvalue weighted by molar-refractivity contribution is 0.610. The topological polar surface area (TPSA) is 177 Å². The van der Waals surface area contributed by atoms with Crippen molar-refractivity contribution in [2.45, 2.75) is 25.8 Å². The Morgan fingerprint density at radius 3 is 2.76 bits per heavy atom. The minimum atomic E-state index is -0.735. The zero-order valence-electron chi connectivity index (χ0n) is 17.3. The predicted molar refractivity (Wildman–Crippen MR) is 121 cm³/mol. The average molecular weight is 469 g/mol. The number of halogens is 2. The molecule has 0 unspecified atom stereocenters. The van der Waals surface area contributed by atoms with Gasteiger partial charge < -0.3 is 16.8 Å². The van der Waals surface area contributed by atoms with Crippen molar-refractivity contribution >= 4 is 40.1 Å². The van der Waals surface area contributed by atoms with E-state index in [0.29, 0.717) is 18.7 Å². The maximum Gasteiger partial charge on any atom is 0.268 e. The summed E-state index contributed by atoms with van der Waals surface area (Å²) in [6.07, 6.45) is 2.62. The number of aromatic nitrogens is 6. The molecular formula is C20H18ClFN10O. The van der Waals surface area contributed by atoms with Crippen molar-refractivity contribution in [3.63, 3.8) is 0 Å². The van der Waals surface area contributed by atoms with Gasteiger partial charge >= 0.3 is 0 Å². The lowest BCUT2D eigenvalue weighted by Crippen LogP contribution is -2.29. The third-order valence-corrected chi connectivity index (χ3v) is 5.32. The van der Waals surface area contributed by atoms with Gasteiger partial charge in [-0.2, -0.15) is 20.3 Å². The molecule has 0 aliphatic heterocycles. The van der Waals surface area contributed by atoms with Crippen LogP contribution in [-0.4, -0.2) is 29.7 Å². The molecule has 3 heterocycles. The van der Waals surface area contributed by atoms with Gasteiger partial charge in [-0.1, -0.05) is 24.9 Å². The number of nitrogens with zero attached hydrogens (tertiary/aromatic N) is 6. The van der Waals surface area contributed by atoms with E-state index in [-0.39, 0.29) is 44.9 Å². The number of hydrogen-bond acceptors (Lipinski definition) is 9. The van der Waals surface area contributed by atoms with Gasteiger partial charge in [-0.05, 0) is 18.6 Å². The number of fused-ring (bicyclic) bond motifs is 1. The van der Waals surface area contributed by atoms with Crippen LogP contribution in [0.5, 0.6) is 0 Å². The van der Waals surface area contributed by atoms with E-state index in [1.54, 1.807) is 6.07 Å². The number of rotatable bonds is 6. The first-order valence-corrected chi connectivity index (χ1v) is 10.2. The summed E-state index contributed by atoms with van der Waals surface area (Å²) >= 11 is 6.11. The van der Waals surface area contributed by atoms with Gasteiger partial charge in [0.25, 0.3) is 5.56 Å². The summed E-state index contributed by atoms with van der Waals surface area (Å²) in [5, 5.41) is 18.9. The van der Waals surface area contributed by atoms with Crippen LogP contribution < -0.4 is 22.3 Å². The van der Waals surface area contributed by atoms with E-state index in [4.69, 9.17) is 23.1 Å². The summed E-state index contributed by atoms with van der Waals surface area (Å²) in [4.78, 5) is 26.0. The number of H-pyrrole nitrogens is 1. The van der Waals surface area contributed by atoms with Crippen molar-refractivity contribution in [1.29, 1.82) is 5.26 Å². The summed E-state index contributed by atoms with van der Waals surface area (Å²) < 4.78 is 15.4. The fraction of sp³-hybridized carbons (Fsp3) is 0.200.